The average Bonchev–Trinajstić information content (AvgIpc) is 3.40. The zero-order valence-corrected chi connectivity index (χ0v) is 18.8. The standard InChI is InChI=1S/C22H19Cl2N3O2S/c1-3-17-21(26(2)22(28)19-7-5-11-30-19)27-10-4-6-18(20(27)25-17)29-13-14-8-9-15(23)12-16(14)24/h4-12H,3,13H2,1-2H3. The number of imidazole rings is 1. The molecule has 4 aromatic rings. The van der Waals surface area contributed by atoms with E-state index < -0.39 is 0 Å². The first kappa shape index (κ1) is 20.7. The van der Waals surface area contributed by atoms with Gasteiger partial charge < -0.3 is 4.74 Å². The number of hydrogen-bond acceptors (Lipinski definition) is 4. The number of fused-ring (bicyclic) bond motifs is 1. The monoisotopic (exact) mass is 459 g/mol. The molecule has 3 heterocycles. The Morgan fingerprint density at radius 3 is 2.77 bits per heavy atom. The van der Waals surface area contributed by atoms with Crippen LogP contribution in [0.3, 0.4) is 0 Å². The predicted octanol–water partition coefficient (Wildman–Crippen LogP) is 6.12. The number of amides is 1. The molecule has 3 aromatic heterocycles. The summed E-state index contributed by atoms with van der Waals surface area (Å²) in [5.74, 6) is 1.28. The highest BCUT2D eigenvalue weighted by Gasteiger charge is 2.23. The minimum absolute atomic E-state index is 0.0687. The number of ether oxygens (including phenoxy) is 1. The smallest absolute Gasteiger partial charge is 0.269 e. The number of nitrogens with zero attached hydrogens (tertiary/aromatic N) is 3. The molecule has 0 radical (unpaired) electrons. The van der Waals surface area contributed by atoms with Gasteiger partial charge in [-0.1, -0.05) is 42.3 Å². The summed E-state index contributed by atoms with van der Waals surface area (Å²) in [6, 6.07) is 12.7. The van der Waals surface area contributed by atoms with Crippen molar-refractivity contribution in [3.63, 3.8) is 0 Å². The fourth-order valence-corrected chi connectivity index (χ4v) is 4.40. The third kappa shape index (κ3) is 3.90. The molecule has 0 saturated heterocycles. The lowest BCUT2D eigenvalue weighted by Gasteiger charge is -2.17. The van der Waals surface area contributed by atoms with Crippen LogP contribution in [0.4, 0.5) is 5.82 Å². The zero-order chi connectivity index (χ0) is 21.3. The Morgan fingerprint density at radius 1 is 1.23 bits per heavy atom. The van der Waals surface area contributed by atoms with E-state index in [-0.39, 0.29) is 12.5 Å². The lowest BCUT2D eigenvalue weighted by Crippen LogP contribution is -2.27. The Labute approximate surface area is 188 Å². The number of pyridine rings is 1. The molecule has 30 heavy (non-hydrogen) atoms. The van der Waals surface area contributed by atoms with Gasteiger partial charge in [0.05, 0.1) is 10.6 Å². The topological polar surface area (TPSA) is 46.8 Å². The highest BCUT2D eigenvalue weighted by atomic mass is 35.5. The van der Waals surface area contributed by atoms with E-state index in [1.807, 2.05) is 53.2 Å². The first-order valence-corrected chi connectivity index (χ1v) is 11.0. The summed E-state index contributed by atoms with van der Waals surface area (Å²) in [5.41, 5.74) is 2.30. The molecule has 5 nitrogen and oxygen atoms in total. The number of anilines is 1. The highest BCUT2D eigenvalue weighted by Crippen LogP contribution is 2.30. The van der Waals surface area contributed by atoms with Gasteiger partial charge in [0.25, 0.3) is 5.91 Å². The molecule has 0 N–H and O–H groups in total. The summed E-state index contributed by atoms with van der Waals surface area (Å²) in [7, 11) is 1.77. The normalized spacial score (nSPS) is 11.1. The summed E-state index contributed by atoms with van der Waals surface area (Å²) in [4.78, 5) is 20.0. The molecule has 1 amide bonds. The molecule has 154 valence electrons. The van der Waals surface area contributed by atoms with Crippen LogP contribution in [0.25, 0.3) is 5.65 Å². The molecule has 4 rings (SSSR count). The van der Waals surface area contributed by atoms with Gasteiger partial charge in [-0.25, -0.2) is 4.98 Å². The van der Waals surface area contributed by atoms with Crippen LogP contribution in [-0.4, -0.2) is 22.3 Å². The minimum Gasteiger partial charge on any atom is -0.485 e. The van der Waals surface area contributed by atoms with E-state index in [9.17, 15) is 4.79 Å². The van der Waals surface area contributed by atoms with E-state index in [1.54, 1.807) is 24.1 Å². The molecule has 0 atom stereocenters. The first-order valence-electron chi connectivity index (χ1n) is 9.37. The fraction of sp³-hybridized carbons (Fsp3) is 0.182. The van der Waals surface area contributed by atoms with Gasteiger partial charge in [0, 0.05) is 28.9 Å². The number of thiophene rings is 1. The van der Waals surface area contributed by atoms with Crippen LogP contribution in [0.15, 0.2) is 54.0 Å². The van der Waals surface area contributed by atoms with Crippen LogP contribution in [0.2, 0.25) is 10.0 Å². The molecule has 0 spiro atoms. The van der Waals surface area contributed by atoms with Crippen molar-refractivity contribution in [2.45, 2.75) is 20.0 Å². The second-order valence-electron chi connectivity index (χ2n) is 6.67. The third-order valence-corrected chi connectivity index (χ3v) is 6.19. The molecular weight excluding hydrogens is 441 g/mol. The van der Waals surface area contributed by atoms with E-state index in [4.69, 9.17) is 32.9 Å². The van der Waals surface area contributed by atoms with Crippen LogP contribution < -0.4 is 9.64 Å². The molecule has 0 aliphatic heterocycles. The Balaban J connectivity index is 1.69. The minimum atomic E-state index is -0.0687. The second kappa shape index (κ2) is 8.68. The van der Waals surface area contributed by atoms with Crippen molar-refractivity contribution in [2.75, 3.05) is 11.9 Å². The Kier molecular flexibility index (Phi) is 5.99. The molecule has 0 saturated carbocycles. The number of carbonyl (C=O) groups is 1. The van der Waals surface area contributed by atoms with E-state index in [2.05, 4.69) is 0 Å². The SMILES string of the molecule is CCc1nc2c(OCc3ccc(Cl)cc3Cl)cccn2c1N(C)C(=O)c1cccs1. The van der Waals surface area contributed by atoms with Gasteiger partial charge in [0.2, 0.25) is 0 Å². The van der Waals surface area contributed by atoms with E-state index in [0.717, 1.165) is 17.1 Å². The number of carbonyl (C=O) groups excluding carboxylic acids is 1. The highest BCUT2D eigenvalue weighted by molar-refractivity contribution is 7.12. The second-order valence-corrected chi connectivity index (χ2v) is 8.46. The van der Waals surface area contributed by atoms with Gasteiger partial charge in [-0.3, -0.25) is 14.1 Å². The zero-order valence-electron chi connectivity index (χ0n) is 16.4. The molecule has 0 unspecified atom stereocenters. The van der Waals surface area contributed by atoms with Crippen LogP contribution in [0, 0.1) is 0 Å². The van der Waals surface area contributed by atoms with Crippen molar-refractivity contribution in [1.82, 2.24) is 9.38 Å². The maximum atomic E-state index is 12.9. The average molecular weight is 460 g/mol. The van der Waals surface area contributed by atoms with Crippen molar-refractivity contribution in [3.05, 3.63) is 80.2 Å². The van der Waals surface area contributed by atoms with Crippen molar-refractivity contribution in [1.29, 1.82) is 0 Å². The van der Waals surface area contributed by atoms with Gasteiger partial charge in [-0.2, -0.15) is 0 Å². The van der Waals surface area contributed by atoms with Crippen molar-refractivity contribution in [3.8, 4) is 5.75 Å². The largest absolute Gasteiger partial charge is 0.485 e. The molecular formula is C22H19Cl2N3O2S. The van der Waals surface area contributed by atoms with Gasteiger partial charge in [0.15, 0.2) is 11.4 Å². The van der Waals surface area contributed by atoms with Gasteiger partial charge in [0.1, 0.15) is 12.4 Å². The predicted molar refractivity (Wildman–Crippen MR) is 122 cm³/mol. The van der Waals surface area contributed by atoms with Crippen molar-refractivity contribution in [2.24, 2.45) is 0 Å². The van der Waals surface area contributed by atoms with E-state index >= 15 is 0 Å². The summed E-state index contributed by atoms with van der Waals surface area (Å²) < 4.78 is 7.93. The van der Waals surface area contributed by atoms with Crippen LogP contribution >= 0.6 is 34.5 Å². The van der Waals surface area contributed by atoms with Gasteiger partial charge >= 0.3 is 0 Å². The number of aryl methyl sites for hydroxylation is 1. The first-order chi connectivity index (χ1) is 14.5. The Morgan fingerprint density at radius 2 is 2.07 bits per heavy atom. The lowest BCUT2D eigenvalue weighted by molar-refractivity contribution is 0.0996. The number of benzene rings is 1. The number of halogens is 2. The molecule has 0 aliphatic rings. The molecule has 0 bridgehead atoms. The maximum absolute atomic E-state index is 12.9. The van der Waals surface area contributed by atoms with Gasteiger partial charge in [-0.15, -0.1) is 11.3 Å². The molecule has 8 heteroatoms. The lowest BCUT2D eigenvalue weighted by atomic mass is 10.2. The molecule has 0 aliphatic carbocycles. The van der Waals surface area contributed by atoms with E-state index in [0.29, 0.717) is 32.7 Å². The Hall–Kier alpha value is -2.54. The van der Waals surface area contributed by atoms with Crippen LogP contribution in [-0.2, 0) is 13.0 Å². The van der Waals surface area contributed by atoms with Crippen LogP contribution in [0.1, 0.15) is 27.9 Å². The van der Waals surface area contributed by atoms with Crippen molar-refractivity contribution >= 4 is 51.9 Å². The van der Waals surface area contributed by atoms with Crippen molar-refractivity contribution < 1.29 is 9.53 Å². The van der Waals surface area contributed by atoms with E-state index in [1.165, 1.54) is 11.3 Å². The quantitative estimate of drug-likeness (QED) is 0.348. The number of rotatable bonds is 6. The number of hydrogen-bond donors (Lipinski definition) is 0. The summed E-state index contributed by atoms with van der Waals surface area (Å²) >= 11 is 13.7. The summed E-state index contributed by atoms with van der Waals surface area (Å²) in [6.07, 6.45) is 2.57. The Bertz CT molecular complexity index is 1200. The molecule has 0 fully saturated rings. The van der Waals surface area contributed by atoms with Crippen LogP contribution in [0.5, 0.6) is 5.75 Å². The fourth-order valence-electron chi connectivity index (χ4n) is 3.24. The third-order valence-electron chi connectivity index (χ3n) is 4.75. The summed E-state index contributed by atoms with van der Waals surface area (Å²) in [6.45, 7) is 2.30. The number of aromatic nitrogens is 2. The molecule has 1 aromatic carbocycles. The summed E-state index contributed by atoms with van der Waals surface area (Å²) in [5, 5.41) is 3.02. The van der Waals surface area contributed by atoms with Gasteiger partial charge in [-0.05, 0) is 42.1 Å². The maximum Gasteiger partial charge on any atom is 0.269 e.